The molecule has 0 amide bonds. The summed E-state index contributed by atoms with van der Waals surface area (Å²) >= 11 is 4.93. The van der Waals surface area contributed by atoms with E-state index in [4.69, 9.17) is 21.7 Å². The molecule has 0 unspecified atom stereocenters. The predicted molar refractivity (Wildman–Crippen MR) is 104 cm³/mol. The van der Waals surface area contributed by atoms with E-state index in [2.05, 4.69) is 5.32 Å². The Labute approximate surface area is 170 Å². The summed E-state index contributed by atoms with van der Waals surface area (Å²) in [7, 11) is 0. The van der Waals surface area contributed by atoms with Crippen LogP contribution in [0.2, 0.25) is 0 Å². The van der Waals surface area contributed by atoms with Crippen LogP contribution in [-0.4, -0.2) is 23.9 Å². The molecule has 5 nitrogen and oxygen atoms in total. The zero-order valence-corrected chi connectivity index (χ0v) is 16.1. The van der Waals surface area contributed by atoms with Gasteiger partial charge in [0.05, 0.1) is 18.2 Å². The Morgan fingerprint density at radius 3 is 2.45 bits per heavy atom. The van der Waals surface area contributed by atoms with E-state index in [1.807, 2.05) is 11.4 Å². The first-order chi connectivity index (χ1) is 13.8. The zero-order chi connectivity index (χ0) is 21.0. The molecule has 9 heteroatoms. The highest BCUT2D eigenvalue weighted by atomic mass is 32.1. The number of rotatable bonds is 5. The summed E-state index contributed by atoms with van der Waals surface area (Å²) in [6.45, 7) is 1.45. The monoisotopic (exact) mass is 422 g/mol. The molecule has 0 bridgehead atoms. The number of alkyl halides is 3. The number of carbonyl (C=O) groups excluding carboxylic acids is 1. The first-order valence-corrected chi connectivity index (χ1v) is 9.09. The number of thiocarbonyl (C=S) groups is 1. The molecule has 1 heterocycles. The van der Waals surface area contributed by atoms with Crippen LogP contribution in [0.1, 0.15) is 18.5 Å². The van der Waals surface area contributed by atoms with Gasteiger partial charge in [-0.3, -0.25) is 0 Å². The molecule has 0 saturated heterocycles. The van der Waals surface area contributed by atoms with Gasteiger partial charge in [-0.1, -0.05) is 30.3 Å². The summed E-state index contributed by atoms with van der Waals surface area (Å²) in [5, 5.41) is 4.52. The summed E-state index contributed by atoms with van der Waals surface area (Å²) in [6, 6.07) is 14.2. The Hall–Kier alpha value is -3.07. The van der Waals surface area contributed by atoms with Crippen molar-refractivity contribution in [3.8, 4) is 11.5 Å². The Bertz CT molecular complexity index is 945. The maximum Gasteiger partial charge on any atom is 0.431 e. The summed E-state index contributed by atoms with van der Waals surface area (Å²) < 4.78 is 51.4. The molecule has 0 spiro atoms. The molecule has 1 aliphatic heterocycles. The summed E-state index contributed by atoms with van der Waals surface area (Å²) in [6.07, 6.45) is -4.81. The molecule has 0 saturated carbocycles. The lowest BCUT2D eigenvalue weighted by Gasteiger charge is -2.31. The van der Waals surface area contributed by atoms with E-state index >= 15 is 0 Å². The second-order valence-corrected chi connectivity index (χ2v) is 6.43. The summed E-state index contributed by atoms with van der Waals surface area (Å²) in [4.78, 5) is 12.4. The van der Waals surface area contributed by atoms with Gasteiger partial charge < -0.3 is 20.1 Å². The Morgan fingerprint density at radius 2 is 1.79 bits per heavy atom. The molecule has 0 fully saturated rings. The number of carbonyl (C=O) groups is 1. The molecular weight excluding hydrogens is 405 g/mol. The van der Waals surface area contributed by atoms with Crippen molar-refractivity contribution in [2.24, 2.45) is 0 Å². The van der Waals surface area contributed by atoms with Gasteiger partial charge in [-0.2, -0.15) is 13.2 Å². The average Bonchev–Trinajstić information content (AvgIpc) is 2.68. The molecule has 1 aliphatic rings. The number of esters is 1. The largest absolute Gasteiger partial charge is 0.463 e. The fourth-order valence-electron chi connectivity index (χ4n) is 2.85. The van der Waals surface area contributed by atoms with Crippen molar-refractivity contribution in [1.82, 2.24) is 10.6 Å². The van der Waals surface area contributed by atoms with Gasteiger partial charge in [-0.15, -0.1) is 0 Å². The molecular formula is C20H17F3N2O3S. The van der Waals surface area contributed by atoms with E-state index < -0.39 is 29.5 Å². The molecule has 0 radical (unpaired) electrons. The normalized spacial score (nSPS) is 16.7. The SMILES string of the molecule is CCOC(=O)C1=C(C(F)(F)F)NC(=S)N[C@H]1c1cccc(Oc2ccccc2)c1. The molecule has 2 aromatic rings. The third kappa shape index (κ3) is 4.86. The minimum Gasteiger partial charge on any atom is -0.463 e. The van der Waals surface area contributed by atoms with Crippen molar-refractivity contribution in [1.29, 1.82) is 0 Å². The van der Waals surface area contributed by atoms with Crippen LogP contribution in [0.25, 0.3) is 0 Å². The minimum atomic E-state index is -4.81. The van der Waals surface area contributed by atoms with Crippen LogP contribution in [-0.2, 0) is 9.53 Å². The third-order valence-electron chi connectivity index (χ3n) is 4.02. The molecule has 2 aromatic carbocycles. The van der Waals surface area contributed by atoms with Crippen molar-refractivity contribution in [2.45, 2.75) is 19.1 Å². The van der Waals surface area contributed by atoms with Gasteiger partial charge in [0.15, 0.2) is 5.11 Å². The van der Waals surface area contributed by atoms with Gasteiger partial charge in [-0.25, -0.2) is 4.79 Å². The maximum atomic E-state index is 13.6. The lowest BCUT2D eigenvalue weighted by Crippen LogP contribution is -2.49. The number of para-hydroxylation sites is 1. The van der Waals surface area contributed by atoms with E-state index in [-0.39, 0.29) is 11.7 Å². The molecule has 2 N–H and O–H groups in total. The lowest BCUT2D eigenvalue weighted by molar-refractivity contribution is -0.140. The van der Waals surface area contributed by atoms with Crippen LogP contribution in [0.5, 0.6) is 11.5 Å². The standard InChI is InChI=1S/C20H17F3N2O3S/c1-2-27-18(26)15-16(24-19(29)25-17(15)20(21,22)23)12-7-6-10-14(11-12)28-13-8-4-3-5-9-13/h3-11,16H,2H2,1H3,(H2,24,25,29)/t16-/m0/s1. The number of nitrogens with one attached hydrogen (secondary N) is 2. The lowest BCUT2D eigenvalue weighted by atomic mass is 9.95. The first kappa shape index (κ1) is 20.7. The van der Waals surface area contributed by atoms with Crippen LogP contribution >= 0.6 is 12.2 Å². The second-order valence-electron chi connectivity index (χ2n) is 6.03. The fraction of sp³-hybridized carbons (Fsp3) is 0.200. The predicted octanol–water partition coefficient (Wildman–Crippen LogP) is 4.38. The van der Waals surface area contributed by atoms with E-state index in [1.54, 1.807) is 48.5 Å². The third-order valence-corrected chi connectivity index (χ3v) is 4.24. The van der Waals surface area contributed by atoms with Crippen LogP contribution in [0.4, 0.5) is 13.2 Å². The molecule has 29 heavy (non-hydrogen) atoms. The quantitative estimate of drug-likeness (QED) is 0.551. The zero-order valence-electron chi connectivity index (χ0n) is 15.2. The van der Waals surface area contributed by atoms with Gasteiger partial charge in [0.1, 0.15) is 17.2 Å². The van der Waals surface area contributed by atoms with Crippen molar-refractivity contribution >= 4 is 23.3 Å². The van der Waals surface area contributed by atoms with Gasteiger partial charge in [0.25, 0.3) is 0 Å². The van der Waals surface area contributed by atoms with Crippen molar-refractivity contribution < 1.29 is 27.4 Å². The molecule has 3 rings (SSSR count). The second kappa shape index (κ2) is 8.52. The summed E-state index contributed by atoms with van der Waals surface area (Å²) in [5.41, 5.74) is -1.46. The average molecular weight is 422 g/mol. The number of halogens is 3. The van der Waals surface area contributed by atoms with Gasteiger partial charge in [0, 0.05) is 0 Å². The van der Waals surface area contributed by atoms with Crippen LogP contribution in [0, 0.1) is 0 Å². The summed E-state index contributed by atoms with van der Waals surface area (Å²) in [5.74, 6) is -0.117. The molecule has 152 valence electrons. The smallest absolute Gasteiger partial charge is 0.431 e. The Balaban J connectivity index is 2.03. The first-order valence-electron chi connectivity index (χ1n) is 8.68. The van der Waals surface area contributed by atoms with Gasteiger partial charge in [0.2, 0.25) is 0 Å². The number of ether oxygens (including phenoxy) is 2. The number of benzene rings is 2. The van der Waals surface area contributed by atoms with Crippen LogP contribution in [0.15, 0.2) is 65.9 Å². The number of hydrogen-bond donors (Lipinski definition) is 2. The van der Waals surface area contributed by atoms with E-state index in [9.17, 15) is 18.0 Å². The minimum absolute atomic E-state index is 0.0677. The van der Waals surface area contributed by atoms with E-state index in [0.29, 0.717) is 17.1 Å². The van der Waals surface area contributed by atoms with Crippen LogP contribution in [0.3, 0.4) is 0 Å². The van der Waals surface area contributed by atoms with E-state index in [1.165, 1.54) is 6.92 Å². The van der Waals surface area contributed by atoms with Gasteiger partial charge >= 0.3 is 12.1 Å². The molecule has 1 atom stereocenters. The van der Waals surface area contributed by atoms with Crippen LogP contribution < -0.4 is 15.4 Å². The Kier molecular flexibility index (Phi) is 6.07. The van der Waals surface area contributed by atoms with Crippen molar-refractivity contribution in [2.75, 3.05) is 6.61 Å². The highest BCUT2D eigenvalue weighted by Gasteiger charge is 2.45. The molecule has 0 aromatic heterocycles. The highest BCUT2D eigenvalue weighted by molar-refractivity contribution is 7.80. The molecule has 0 aliphatic carbocycles. The van der Waals surface area contributed by atoms with Crippen molar-refractivity contribution in [3.63, 3.8) is 0 Å². The number of hydrogen-bond acceptors (Lipinski definition) is 4. The maximum absolute atomic E-state index is 13.6. The van der Waals surface area contributed by atoms with Gasteiger partial charge in [-0.05, 0) is 49.0 Å². The topological polar surface area (TPSA) is 59.6 Å². The Morgan fingerprint density at radius 1 is 1.10 bits per heavy atom. The van der Waals surface area contributed by atoms with Crippen molar-refractivity contribution in [3.05, 3.63) is 71.4 Å². The van der Waals surface area contributed by atoms with E-state index in [0.717, 1.165) is 0 Å². The number of allylic oxidation sites excluding steroid dienone is 1. The fourth-order valence-corrected chi connectivity index (χ4v) is 3.07. The highest BCUT2D eigenvalue weighted by Crippen LogP contribution is 2.36.